The van der Waals surface area contributed by atoms with E-state index in [1.807, 2.05) is 0 Å². The number of rotatable bonds is 8. The van der Waals surface area contributed by atoms with Gasteiger partial charge in [0.15, 0.2) is 0 Å². The standard InChI is InChI=1S/C28H28ClF3N4O2S/c29-22-4-8-24(9-5-22)38-25-10-6-23(7-11-25)36-26(20-2-1-3-21(18-20)28(30,31)32)19-34(27(36)37)16-17-39-35-14-12-33-13-15-35/h1-11,18,26,33H,12-17,19H2. The number of halogens is 4. The highest BCUT2D eigenvalue weighted by Gasteiger charge is 2.40. The van der Waals surface area contributed by atoms with Gasteiger partial charge >= 0.3 is 12.2 Å². The van der Waals surface area contributed by atoms with E-state index in [1.54, 1.807) is 76.3 Å². The molecular weight excluding hydrogens is 549 g/mol. The highest BCUT2D eigenvalue weighted by Crippen LogP contribution is 2.38. The van der Waals surface area contributed by atoms with Crippen LogP contribution >= 0.6 is 23.5 Å². The summed E-state index contributed by atoms with van der Waals surface area (Å²) in [5.41, 5.74) is 0.298. The van der Waals surface area contributed by atoms with Crippen molar-refractivity contribution in [2.75, 3.05) is 49.9 Å². The summed E-state index contributed by atoms with van der Waals surface area (Å²) in [7, 11) is 0. The molecule has 1 atom stereocenters. The molecule has 2 aliphatic heterocycles. The number of benzene rings is 3. The molecule has 0 bridgehead atoms. The van der Waals surface area contributed by atoms with Crippen molar-refractivity contribution in [2.24, 2.45) is 0 Å². The molecule has 0 radical (unpaired) electrons. The molecule has 2 heterocycles. The maximum Gasteiger partial charge on any atom is 0.416 e. The zero-order valence-electron chi connectivity index (χ0n) is 21.0. The minimum atomic E-state index is -4.47. The van der Waals surface area contributed by atoms with E-state index in [4.69, 9.17) is 16.3 Å². The van der Waals surface area contributed by atoms with Crippen LogP contribution in [0.2, 0.25) is 5.02 Å². The number of ether oxygens (including phenoxy) is 1. The van der Waals surface area contributed by atoms with Crippen LogP contribution in [-0.4, -0.2) is 60.3 Å². The first-order valence-corrected chi connectivity index (χ1v) is 14.0. The van der Waals surface area contributed by atoms with Gasteiger partial charge in [0.25, 0.3) is 0 Å². The predicted octanol–water partition coefficient (Wildman–Crippen LogP) is 6.69. The van der Waals surface area contributed by atoms with Crippen LogP contribution in [0.1, 0.15) is 17.2 Å². The Bertz CT molecular complexity index is 1270. The van der Waals surface area contributed by atoms with Crippen molar-refractivity contribution >= 4 is 35.3 Å². The first-order chi connectivity index (χ1) is 18.8. The Morgan fingerprint density at radius 1 is 0.974 bits per heavy atom. The summed E-state index contributed by atoms with van der Waals surface area (Å²) in [6.45, 7) is 4.52. The minimum Gasteiger partial charge on any atom is -0.457 e. The van der Waals surface area contributed by atoms with Crippen molar-refractivity contribution in [3.8, 4) is 11.5 Å². The maximum atomic E-state index is 13.6. The monoisotopic (exact) mass is 576 g/mol. The molecule has 1 unspecified atom stereocenters. The highest BCUT2D eigenvalue weighted by atomic mass is 35.5. The van der Waals surface area contributed by atoms with E-state index in [0.29, 0.717) is 46.6 Å². The topological polar surface area (TPSA) is 48.1 Å². The van der Waals surface area contributed by atoms with Crippen LogP contribution in [0, 0.1) is 0 Å². The Labute approximate surface area is 234 Å². The van der Waals surface area contributed by atoms with Crippen LogP contribution in [0.5, 0.6) is 11.5 Å². The summed E-state index contributed by atoms with van der Waals surface area (Å²) in [6.07, 6.45) is -4.47. The van der Waals surface area contributed by atoms with Crippen LogP contribution in [0.25, 0.3) is 0 Å². The van der Waals surface area contributed by atoms with Crippen LogP contribution in [0.15, 0.2) is 72.8 Å². The highest BCUT2D eigenvalue weighted by molar-refractivity contribution is 7.97. The number of hydrogen-bond donors (Lipinski definition) is 1. The number of hydrogen-bond acceptors (Lipinski definition) is 5. The first kappa shape index (κ1) is 27.6. The molecule has 0 aliphatic carbocycles. The lowest BCUT2D eigenvalue weighted by Gasteiger charge is -2.26. The molecule has 0 spiro atoms. The fourth-order valence-corrected chi connectivity index (χ4v) is 5.80. The summed E-state index contributed by atoms with van der Waals surface area (Å²) in [5, 5.41) is 3.91. The van der Waals surface area contributed by atoms with E-state index < -0.39 is 17.8 Å². The second-order valence-electron chi connectivity index (χ2n) is 9.30. The number of nitrogens with zero attached hydrogens (tertiary/aromatic N) is 3. The average Bonchev–Trinajstić information content (AvgIpc) is 3.26. The summed E-state index contributed by atoms with van der Waals surface area (Å²) in [6, 6.07) is 18.4. The number of amides is 2. The van der Waals surface area contributed by atoms with Gasteiger partial charge in [-0.05, 0) is 66.2 Å². The second-order valence-corrected chi connectivity index (χ2v) is 10.9. The van der Waals surface area contributed by atoms with E-state index in [0.717, 1.165) is 38.3 Å². The number of anilines is 1. The molecule has 206 valence electrons. The van der Waals surface area contributed by atoms with Crippen LogP contribution < -0.4 is 15.0 Å². The molecule has 0 saturated carbocycles. The number of carbonyl (C=O) groups is 1. The molecule has 11 heteroatoms. The van der Waals surface area contributed by atoms with Crippen molar-refractivity contribution in [2.45, 2.75) is 12.2 Å². The van der Waals surface area contributed by atoms with Gasteiger partial charge in [-0.3, -0.25) is 4.90 Å². The molecular formula is C28H28ClF3N4O2S. The van der Waals surface area contributed by atoms with Gasteiger partial charge < -0.3 is 15.0 Å². The Balaban J connectivity index is 1.36. The summed E-state index contributed by atoms with van der Waals surface area (Å²) < 4.78 is 48.6. The molecule has 0 aromatic heterocycles. The van der Waals surface area contributed by atoms with Gasteiger partial charge in [0.1, 0.15) is 11.5 Å². The van der Waals surface area contributed by atoms with Crippen molar-refractivity contribution in [3.63, 3.8) is 0 Å². The number of urea groups is 1. The largest absolute Gasteiger partial charge is 0.457 e. The van der Waals surface area contributed by atoms with Gasteiger partial charge in [0.05, 0.1) is 11.6 Å². The van der Waals surface area contributed by atoms with Crippen molar-refractivity contribution < 1.29 is 22.7 Å². The number of carbonyl (C=O) groups excluding carboxylic acids is 1. The van der Waals surface area contributed by atoms with E-state index in [9.17, 15) is 18.0 Å². The third-order valence-electron chi connectivity index (χ3n) is 6.66. The van der Waals surface area contributed by atoms with Crippen LogP contribution in [0.4, 0.5) is 23.7 Å². The summed E-state index contributed by atoms with van der Waals surface area (Å²) >= 11 is 7.64. The van der Waals surface area contributed by atoms with Gasteiger partial charge in [-0.25, -0.2) is 9.10 Å². The van der Waals surface area contributed by atoms with Gasteiger partial charge in [0.2, 0.25) is 0 Å². The fourth-order valence-electron chi connectivity index (χ4n) is 4.68. The lowest BCUT2D eigenvalue weighted by atomic mass is 10.0. The van der Waals surface area contributed by atoms with Crippen molar-refractivity contribution in [3.05, 3.63) is 88.9 Å². The Morgan fingerprint density at radius 3 is 2.31 bits per heavy atom. The third-order valence-corrected chi connectivity index (χ3v) is 8.00. The van der Waals surface area contributed by atoms with Gasteiger partial charge in [-0.2, -0.15) is 13.2 Å². The van der Waals surface area contributed by atoms with E-state index in [1.165, 1.54) is 6.07 Å². The van der Waals surface area contributed by atoms with E-state index in [2.05, 4.69) is 9.62 Å². The van der Waals surface area contributed by atoms with Crippen molar-refractivity contribution in [1.82, 2.24) is 14.5 Å². The SMILES string of the molecule is O=C1N(CCSN2CCNCC2)CC(c2cccc(C(F)(F)F)c2)N1c1ccc(Oc2ccc(Cl)cc2)cc1. The van der Waals surface area contributed by atoms with Crippen LogP contribution in [0.3, 0.4) is 0 Å². The van der Waals surface area contributed by atoms with Crippen molar-refractivity contribution in [1.29, 1.82) is 0 Å². The van der Waals surface area contributed by atoms with E-state index in [-0.39, 0.29) is 6.03 Å². The molecule has 2 saturated heterocycles. The van der Waals surface area contributed by atoms with Crippen LogP contribution in [-0.2, 0) is 6.18 Å². The Hall–Kier alpha value is -2.92. The lowest BCUT2D eigenvalue weighted by molar-refractivity contribution is -0.137. The Morgan fingerprint density at radius 2 is 1.64 bits per heavy atom. The maximum absolute atomic E-state index is 13.6. The second kappa shape index (κ2) is 12.1. The average molecular weight is 577 g/mol. The third kappa shape index (κ3) is 6.81. The summed E-state index contributed by atoms with van der Waals surface area (Å²) in [5.74, 6) is 1.88. The van der Waals surface area contributed by atoms with Gasteiger partial charge in [-0.1, -0.05) is 35.7 Å². The summed E-state index contributed by atoms with van der Waals surface area (Å²) in [4.78, 5) is 16.9. The number of nitrogens with one attached hydrogen (secondary N) is 1. The quantitative estimate of drug-likeness (QED) is 0.303. The molecule has 3 aromatic rings. The molecule has 39 heavy (non-hydrogen) atoms. The number of alkyl halides is 3. The molecule has 1 N–H and O–H groups in total. The lowest BCUT2D eigenvalue weighted by Crippen LogP contribution is -2.40. The normalized spacial score (nSPS) is 18.6. The molecule has 5 rings (SSSR count). The number of piperazine rings is 1. The smallest absolute Gasteiger partial charge is 0.416 e. The van der Waals surface area contributed by atoms with Gasteiger partial charge in [-0.15, -0.1) is 0 Å². The fraction of sp³-hybridized carbons (Fsp3) is 0.321. The van der Waals surface area contributed by atoms with E-state index >= 15 is 0 Å². The molecule has 2 aliphatic rings. The van der Waals surface area contributed by atoms with Gasteiger partial charge in [0, 0.05) is 55.7 Å². The molecule has 3 aromatic carbocycles. The first-order valence-electron chi connectivity index (χ1n) is 12.7. The zero-order chi connectivity index (χ0) is 27.4. The predicted molar refractivity (Wildman–Crippen MR) is 149 cm³/mol. The molecule has 2 fully saturated rings. The zero-order valence-corrected chi connectivity index (χ0v) is 22.6. The minimum absolute atomic E-state index is 0.232. The Kier molecular flexibility index (Phi) is 8.56. The molecule has 2 amide bonds. The molecule has 6 nitrogen and oxygen atoms in total.